The fraction of sp³-hybridized carbons (Fsp3) is 0.429. The SMILES string of the molecule is CNC1CCC(N)(c2ncc3c(-c4ccc5nc(C)n(C)c5n4)ccn3n2)CC1. The number of fused-ring (bicyclic) bond motifs is 2. The Morgan fingerprint density at radius 3 is 2.72 bits per heavy atom. The van der Waals surface area contributed by atoms with Crippen LogP contribution in [-0.4, -0.2) is 42.2 Å². The fourth-order valence-electron chi connectivity index (χ4n) is 4.32. The maximum absolute atomic E-state index is 6.70. The molecule has 150 valence electrons. The van der Waals surface area contributed by atoms with E-state index in [1.54, 1.807) is 0 Å². The second-order valence-electron chi connectivity index (χ2n) is 8.12. The van der Waals surface area contributed by atoms with Gasteiger partial charge in [-0.15, -0.1) is 0 Å². The van der Waals surface area contributed by atoms with Crippen molar-refractivity contribution in [2.45, 2.75) is 44.2 Å². The minimum absolute atomic E-state index is 0.463. The summed E-state index contributed by atoms with van der Waals surface area (Å²) < 4.78 is 3.88. The third-order valence-corrected chi connectivity index (χ3v) is 6.36. The lowest BCUT2D eigenvalue weighted by molar-refractivity contribution is 0.245. The first-order valence-corrected chi connectivity index (χ1v) is 10.1. The van der Waals surface area contributed by atoms with Gasteiger partial charge in [-0.1, -0.05) is 0 Å². The summed E-state index contributed by atoms with van der Waals surface area (Å²) in [7, 11) is 3.99. The predicted molar refractivity (Wildman–Crippen MR) is 112 cm³/mol. The monoisotopic (exact) mass is 390 g/mol. The molecule has 4 aromatic heterocycles. The van der Waals surface area contributed by atoms with E-state index in [9.17, 15) is 0 Å². The lowest BCUT2D eigenvalue weighted by Crippen LogP contribution is -2.45. The van der Waals surface area contributed by atoms with Gasteiger partial charge in [-0.3, -0.25) is 0 Å². The van der Waals surface area contributed by atoms with Crippen molar-refractivity contribution >= 4 is 16.7 Å². The summed E-state index contributed by atoms with van der Waals surface area (Å²) in [4.78, 5) is 14.0. The minimum atomic E-state index is -0.463. The van der Waals surface area contributed by atoms with E-state index in [1.165, 1.54) is 0 Å². The van der Waals surface area contributed by atoms with Crippen LogP contribution in [-0.2, 0) is 12.6 Å². The molecule has 0 radical (unpaired) electrons. The van der Waals surface area contributed by atoms with E-state index >= 15 is 0 Å². The number of nitrogens with zero attached hydrogens (tertiary/aromatic N) is 6. The Morgan fingerprint density at radius 1 is 1.17 bits per heavy atom. The highest BCUT2D eigenvalue weighted by Crippen LogP contribution is 2.33. The van der Waals surface area contributed by atoms with Crippen molar-refractivity contribution in [1.82, 2.24) is 34.4 Å². The third-order valence-electron chi connectivity index (χ3n) is 6.36. The molecule has 4 aromatic rings. The van der Waals surface area contributed by atoms with Crippen LogP contribution in [0, 0.1) is 6.92 Å². The Balaban J connectivity index is 1.52. The van der Waals surface area contributed by atoms with Gasteiger partial charge in [-0.05, 0) is 57.9 Å². The van der Waals surface area contributed by atoms with Gasteiger partial charge >= 0.3 is 0 Å². The molecular weight excluding hydrogens is 364 g/mol. The zero-order chi connectivity index (χ0) is 20.2. The van der Waals surface area contributed by atoms with Crippen molar-refractivity contribution in [3.8, 4) is 11.3 Å². The van der Waals surface area contributed by atoms with Crippen molar-refractivity contribution < 1.29 is 0 Å². The quantitative estimate of drug-likeness (QED) is 0.557. The molecule has 0 saturated heterocycles. The number of imidazole rings is 1. The standard InChI is InChI=1S/C21H26N8/c1-13-25-17-5-4-16(26-19(17)28(13)3)15-8-11-29-18(15)12-24-20(27-29)21(22)9-6-14(23-2)7-10-21/h4-5,8,11-12,14,23H,6-7,9-10,22H2,1-3H3. The lowest BCUT2D eigenvalue weighted by atomic mass is 9.79. The molecule has 1 saturated carbocycles. The van der Waals surface area contributed by atoms with Gasteiger partial charge in [-0.25, -0.2) is 19.5 Å². The molecule has 5 rings (SSSR count). The Kier molecular flexibility index (Phi) is 4.15. The highest BCUT2D eigenvalue weighted by molar-refractivity contribution is 5.82. The van der Waals surface area contributed by atoms with E-state index in [-0.39, 0.29) is 0 Å². The van der Waals surface area contributed by atoms with Crippen molar-refractivity contribution in [2.24, 2.45) is 12.8 Å². The summed E-state index contributed by atoms with van der Waals surface area (Å²) in [5.41, 5.74) is 10.8. The summed E-state index contributed by atoms with van der Waals surface area (Å²) in [5, 5.41) is 8.11. The van der Waals surface area contributed by atoms with Crippen molar-refractivity contribution in [3.63, 3.8) is 0 Å². The predicted octanol–water partition coefficient (Wildman–Crippen LogP) is 2.30. The maximum atomic E-state index is 6.70. The van der Waals surface area contributed by atoms with Crippen LogP contribution < -0.4 is 11.1 Å². The highest BCUT2D eigenvalue weighted by atomic mass is 15.3. The molecular formula is C21H26N8. The normalized spacial score (nSPS) is 22.6. The molecule has 8 heteroatoms. The van der Waals surface area contributed by atoms with Gasteiger partial charge in [0.25, 0.3) is 0 Å². The van der Waals surface area contributed by atoms with Crippen LogP contribution >= 0.6 is 0 Å². The Morgan fingerprint density at radius 2 is 1.97 bits per heavy atom. The number of aryl methyl sites for hydroxylation is 2. The second kappa shape index (κ2) is 6.60. The molecule has 1 fully saturated rings. The van der Waals surface area contributed by atoms with Gasteiger partial charge in [0.15, 0.2) is 11.5 Å². The number of hydrogen-bond donors (Lipinski definition) is 2. The van der Waals surface area contributed by atoms with E-state index in [1.807, 2.05) is 60.7 Å². The lowest BCUT2D eigenvalue weighted by Gasteiger charge is -2.35. The molecule has 0 spiro atoms. The number of hydrogen-bond acceptors (Lipinski definition) is 6. The topological polar surface area (TPSA) is 98.9 Å². The smallest absolute Gasteiger partial charge is 0.169 e. The molecule has 0 bridgehead atoms. The zero-order valence-electron chi connectivity index (χ0n) is 17.1. The van der Waals surface area contributed by atoms with Crippen LogP contribution in [0.4, 0.5) is 0 Å². The molecule has 1 aliphatic rings. The number of aromatic nitrogens is 6. The molecule has 0 aliphatic heterocycles. The van der Waals surface area contributed by atoms with E-state index < -0.39 is 5.54 Å². The average molecular weight is 390 g/mol. The third kappa shape index (κ3) is 2.90. The minimum Gasteiger partial charge on any atom is -0.319 e. The average Bonchev–Trinajstić information content (AvgIpc) is 3.29. The van der Waals surface area contributed by atoms with E-state index in [4.69, 9.17) is 15.8 Å². The zero-order valence-corrected chi connectivity index (χ0v) is 17.1. The van der Waals surface area contributed by atoms with Gasteiger partial charge < -0.3 is 15.6 Å². The number of nitrogens with two attached hydrogens (primary N) is 1. The Labute approximate surface area is 169 Å². The molecule has 0 atom stereocenters. The molecule has 0 unspecified atom stereocenters. The molecule has 29 heavy (non-hydrogen) atoms. The molecule has 8 nitrogen and oxygen atoms in total. The van der Waals surface area contributed by atoms with Gasteiger partial charge in [-0.2, -0.15) is 5.10 Å². The highest BCUT2D eigenvalue weighted by Gasteiger charge is 2.35. The van der Waals surface area contributed by atoms with E-state index in [0.29, 0.717) is 11.9 Å². The van der Waals surface area contributed by atoms with E-state index in [0.717, 1.165) is 59.4 Å². The van der Waals surface area contributed by atoms with Gasteiger partial charge in [0, 0.05) is 24.8 Å². The van der Waals surface area contributed by atoms with Crippen LogP contribution in [0.2, 0.25) is 0 Å². The van der Waals surface area contributed by atoms with Gasteiger partial charge in [0.05, 0.1) is 22.9 Å². The Bertz CT molecular complexity index is 1200. The maximum Gasteiger partial charge on any atom is 0.169 e. The second-order valence-corrected chi connectivity index (χ2v) is 8.12. The van der Waals surface area contributed by atoms with Crippen LogP contribution in [0.5, 0.6) is 0 Å². The molecule has 3 N–H and O–H groups in total. The molecule has 0 aromatic carbocycles. The van der Waals surface area contributed by atoms with Crippen molar-refractivity contribution in [1.29, 1.82) is 0 Å². The molecule has 0 amide bonds. The van der Waals surface area contributed by atoms with Gasteiger partial charge in [0.1, 0.15) is 11.3 Å². The number of pyridine rings is 1. The number of rotatable bonds is 3. The molecule has 1 aliphatic carbocycles. The van der Waals surface area contributed by atoms with Crippen LogP contribution in [0.25, 0.3) is 27.9 Å². The fourth-order valence-corrected chi connectivity index (χ4v) is 4.32. The van der Waals surface area contributed by atoms with E-state index in [2.05, 4.69) is 15.3 Å². The summed E-state index contributed by atoms with van der Waals surface area (Å²) in [5.74, 6) is 1.66. The van der Waals surface area contributed by atoms with Gasteiger partial charge in [0.2, 0.25) is 0 Å². The summed E-state index contributed by atoms with van der Waals surface area (Å²) in [6, 6.07) is 6.58. The van der Waals surface area contributed by atoms with Crippen LogP contribution in [0.15, 0.2) is 30.6 Å². The summed E-state index contributed by atoms with van der Waals surface area (Å²) >= 11 is 0. The first-order valence-electron chi connectivity index (χ1n) is 10.1. The van der Waals surface area contributed by atoms with Crippen molar-refractivity contribution in [3.05, 3.63) is 42.2 Å². The first kappa shape index (κ1) is 18.2. The van der Waals surface area contributed by atoms with Crippen molar-refractivity contribution in [2.75, 3.05) is 7.05 Å². The number of nitrogens with one attached hydrogen (secondary N) is 1. The summed E-state index contributed by atoms with van der Waals surface area (Å²) in [6.45, 7) is 1.98. The summed E-state index contributed by atoms with van der Waals surface area (Å²) in [6.07, 6.45) is 7.68. The Hall–Kier alpha value is -2.84. The van der Waals surface area contributed by atoms with Crippen LogP contribution in [0.1, 0.15) is 37.3 Å². The van der Waals surface area contributed by atoms with Crippen LogP contribution in [0.3, 0.4) is 0 Å². The first-order chi connectivity index (χ1) is 14.0. The largest absolute Gasteiger partial charge is 0.319 e. The molecule has 4 heterocycles.